The van der Waals surface area contributed by atoms with Crippen molar-refractivity contribution in [1.29, 1.82) is 0 Å². The van der Waals surface area contributed by atoms with Gasteiger partial charge in [0.1, 0.15) is 16.8 Å². The molecule has 1 aromatic heterocycles. The quantitative estimate of drug-likeness (QED) is 0.563. The minimum Gasteiger partial charge on any atom is -0.497 e. The third-order valence-corrected chi connectivity index (χ3v) is 6.62. The summed E-state index contributed by atoms with van der Waals surface area (Å²) in [4.78, 5) is 32.0. The van der Waals surface area contributed by atoms with Gasteiger partial charge >= 0.3 is 0 Å². The normalized spacial score (nSPS) is 15.5. The Morgan fingerprint density at radius 3 is 2.69 bits per heavy atom. The molecule has 166 valence electrons. The van der Waals surface area contributed by atoms with Crippen LogP contribution in [-0.2, 0) is 22.6 Å². The highest BCUT2D eigenvalue weighted by Crippen LogP contribution is 2.24. The fourth-order valence-corrected chi connectivity index (χ4v) is 4.75. The second-order valence-electron chi connectivity index (χ2n) is 7.82. The highest BCUT2D eigenvalue weighted by atomic mass is 32.1. The Bertz CT molecular complexity index is 1050. The summed E-state index contributed by atoms with van der Waals surface area (Å²) in [5, 5.41) is 5.88. The monoisotopic (exact) mass is 449 g/mol. The SMILES string of the molecule is COc1ccc(CCC(=O)N2CCC[C@@H]2C(=O)NCc2csc(-c3ccccc3)n2)cc1. The number of methoxy groups -OCH3 is 1. The van der Waals surface area contributed by atoms with E-state index in [0.717, 1.165) is 34.0 Å². The van der Waals surface area contributed by atoms with Gasteiger partial charge in [0.15, 0.2) is 0 Å². The lowest BCUT2D eigenvalue weighted by Gasteiger charge is -2.24. The summed E-state index contributed by atoms with van der Waals surface area (Å²) in [5.41, 5.74) is 2.98. The summed E-state index contributed by atoms with van der Waals surface area (Å²) in [7, 11) is 1.63. The van der Waals surface area contributed by atoms with Crippen molar-refractivity contribution in [2.75, 3.05) is 13.7 Å². The van der Waals surface area contributed by atoms with Crippen LogP contribution in [0, 0.1) is 0 Å². The first-order valence-corrected chi connectivity index (χ1v) is 11.7. The van der Waals surface area contributed by atoms with E-state index in [9.17, 15) is 9.59 Å². The molecule has 0 spiro atoms. The molecule has 32 heavy (non-hydrogen) atoms. The number of ether oxygens (including phenoxy) is 1. The number of nitrogens with zero attached hydrogens (tertiary/aromatic N) is 2. The van der Waals surface area contributed by atoms with E-state index in [2.05, 4.69) is 10.3 Å². The first kappa shape index (κ1) is 22.0. The Hall–Kier alpha value is -3.19. The molecule has 6 nitrogen and oxygen atoms in total. The number of hydrogen-bond acceptors (Lipinski definition) is 5. The molecule has 2 amide bonds. The lowest BCUT2D eigenvalue weighted by molar-refractivity contribution is -0.138. The summed E-state index contributed by atoms with van der Waals surface area (Å²) in [6.07, 6.45) is 2.59. The number of aromatic nitrogens is 1. The predicted molar refractivity (Wildman–Crippen MR) is 125 cm³/mol. The molecule has 1 aliphatic heterocycles. The van der Waals surface area contributed by atoms with Crippen LogP contribution in [0.25, 0.3) is 10.6 Å². The van der Waals surface area contributed by atoms with Crippen molar-refractivity contribution < 1.29 is 14.3 Å². The van der Waals surface area contributed by atoms with Gasteiger partial charge in [0, 0.05) is 23.9 Å². The smallest absolute Gasteiger partial charge is 0.243 e. The van der Waals surface area contributed by atoms with Gasteiger partial charge < -0.3 is 15.0 Å². The molecule has 2 aromatic carbocycles. The maximum Gasteiger partial charge on any atom is 0.243 e. The molecule has 7 heteroatoms. The summed E-state index contributed by atoms with van der Waals surface area (Å²) in [6.45, 7) is 1.00. The number of nitrogens with one attached hydrogen (secondary N) is 1. The average Bonchev–Trinajstić information content (AvgIpc) is 3.52. The zero-order valence-electron chi connectivity index (χ0n) is 18.1. The van der Waals surface area contributed by atoms with Crippen LogP contribution in [0.2, 0.25) is 0 Å². The average molecular weight is 450 g/mol. The van der Waals surface area contributed by atoms with Gasteiger partial charge in [-0.1, -0.05) is 42.5 Å². The molecule has 0 aliphatic carbocycles. The molecular weight excluding hydrogens is 422 g/mol. The van der Waals surface area contributed by atoms with Gasteiger partial charge in [-0.3, -0.25) is 9.59 Å². The standard InChI is InChI=1S/C25H27N3O3S/c1-31-21-12-9-18(10-13-21)11-14-23(29)28-15-5-8-22(28)24(30)26-16-20-17-32-25(27-20)19-6-3-2-4-7-19/h2-4,6-7,9-10,12-13,17,22H,5,8,11,14-16H2,1H3,(H,26,30)/t22-/m1/s1. The number of carbonyl (C=O) groups is 2. The molecule has 1 fully saturated rings. The first-order valence-electron chi connectivity index (χ1n) is 10.8. The van der Waals surface area contributed by atoms with Gasteiger partial charge in [-0.2, -0.15) is 0 Å². The van der Waals surface area contributed by atoms with Crippen molar-refractivity contribution >= 4 is 23.2 Å². The molecule has 3 aromatic rings. The van der Waals surface area contributed by atoms with Crippen LogP contribution in [-0.4, -0.2) is 41.4 Å². The second kappa shape index (κ2) is 10.4. The van der Waals surface area contributed by atoms with Crippen LogP contribution >= 0.6 is 11.3 Å². The van der Waals surface area contributed by atoms with E-state index in [-0.39, 0.29) is 11.8 Å². The van der Waals surface area contributed by atoms with E-state index in [1.807, 2.05) is 60.0 Å². The molecule has 1 aliphatic rings. The van der Waals surface area contributed by atoms with Gasteiger partial charge in [0.2, 0.25) is 11.8 Å². The van der Waals surface area contributed by atoms with E-state index in [1.165, 1.54) is 0 Å². The number of rotatable bonds is 8. The number of aryl methyl sites for hydroxylation is 1. The number of carbonyl (C=O) groups excluding carboxylic acids is 2. The number of amides is 2. The van der Waals surface area contributed by atoms with Crippen LogP contribution in [0.3, 0.4) is 0 Å². The largest absolute Gasteiger partial charge is 0.497 e. The van der Waals surface area contributed by atoms with Crippen LogP contribution < -0.4 is 10.1 Å². The van der Waals surface area contributed by atoms with Crippen molar-refractivity contribution in [3.05, 3.63) is 71.2 Å². The Kier molecular flexibility index (Phi) is 7.17. The number of likely N-dealkylation sites (tertiary alicyclic amines) is 1. The minimum absolute atomic E-state index is 0.0264. The molecule has 0 unspecified atom stereocenters. The Morgan fingerprint density at radius 2 is 1.94 bits per heavy atom. The molecule has 1 N–H and O–H groups in total. The van der Waals surface area contributed by atoms with Gasteiger partial charge in [0.25, 0.3) is 0 Å². The summed E-state index contributed by atoms with van der Waals surface area (Å²) in [5.74, 6) is 0.723. The lowest BCUT2D eigenvalue weighted by atomic mass is 10.1. The van der Waals surface area contributed by atoms with Crippen molar-refractivity contribution in [1.82, 2.24) is 15.2 Å². The van der Waals surface area contributed by atoms with E-state index < -0.39 is 6.04 Å². The Morgan fingerprint density at radius 1 is 1.16 bits per heavy atom. The van der Waals surface area contributed by atoms with Gasteiger partial charge in [-0.05, 0) is 37.0 Å². The highest BCUT2D eigenvalue weighted by Gasteiger charge is 2.33. The number of hydrogen-bond donors (Lipinski definition) is 1. The molecule has 1 saturated heterocycles. The topological polar surface area (TPSA) is 71.5 Å². The van der Waals surface area contributed by atoms with Crippen molar-refractivity contribution in [3.63, 3.8) is 0 Å². The van der Waals surface area contributed by atoms with E-state index in [4.69, 9.17) is 4.74 Å². The van der Waals surface area contributed by atoms with E-state index in [1.54, 1.807) is 23.3 Å². The Labute approximate surface area is 192 Å². The number of thiazole rings is 1. The highest BCUT2D eigenvalue weighted by molar-refractivity contribution is 7.13. The zero-order valence-corrected chi connectivity index (χ0v) is 18.9. The van der Waals surface area contributed by atoms with Gasteiger partial charge in [-0.15, -0.1) is 11.3 Å². The zero-order chi connectivity index (χ0) is 22.3. The molecular formula is C25H27N3O3S. The summed E-state index contributed by atoms with van der Waals surface area (Å²) in [6, 6.07) is 17.3. The van der Waals surface area contributed by atoms with Crippen LogP contribution in [0.4, 0.5) is 0 Å². The van der Waals surface area contributed by atoms with Crippen LogP contribution in [0.5, 0.6) is 5.75 Å². The molecule has 0 bridgehead atoms. The van der Waals surface area contributed by atoms with E-state index in [0.29, 0.717) is 32.4 Å². The van der Waals surface area contributed by atoms with Crippen molar-refractivity contribution in [3.8, 4) is 16.3 Å². The third kappa shape index (κ3) is 5.34. The number of benzene rings is 2. The van der Waals surface area contributed by atoms with Gasteiger partial charge in [0.05, 0.1) is 19.3 Å². The fourth-order valence-electron chi connectivity index (χ4n) is 3.92. The molecule has 0 saturated carbocycles. The van der Waals surface area contributed by atoms with Crippen LogP contribution in [0.15, 0.2) is 60.0 Å². The molecule has 0 radical (unpaired) electrons. The summed E-state index contributed by atoms with van der Waals surface area (Å²) >= 11 is 1.56. The maximum atomic E-state index is 12.8. The van der Waals surface area contributed by atoms with Crippen molar-refractivity contribution in [2.45, 2.75) is 38.3 Å². The molecule has 1 atom stereocenters. The predicted octanol–water partition coefficient (Wildman–Crippen LogP) is 4.06. The third-order valence-electron chi connectivity index (χ3n) is 5.68. The maximum absolute atomic E-state index is 12.8. The summed E-state index contributed by atoms with van der Waals surface area (Å²) < 4.78 is 5.17. The Balaban J connectivity index is 1.29. The molecule has 4 rings (SSSR count). The minimum atomic E-state index is -0.398. The fraction of sp³-hybridized carbons (Fsp3) is 0.320. The first-order chi connectivity index (χ1) is 15.6. The second-order valence-corrected chi connectivity index (χ2v) is 8.68. The van der Waals surface area contributed by atoms with Gasteiger partial charge in [-0.25, -0.2) is 4.98 Å². The van der Waals surface area contributed by atoms with Crippen LogP contribution in [0.1, 0.15) is 30.5 Å². The molecule has 2 heterocycles. The van der Waals surface area contributed by atoms with Crippen molar-refractivity contribution in [2.24, 2.45) is 0 Å². The van der Waals surface area contributed by atoms with E-state index >= 15 is 0 Å². The lowest BCUT2D eigenvalue weighted by Crippen LogP contribution is -2.45.